The van der Waals surface area contributed by atoms with Crippen LogP contribution >= 0.6 is 0 Å². The molecule has 0 radical (unpaired) electrons. The third-order valence-electron chi connectivity index (χ3n) is 10.4. The van der Waals surface area contributed by atoms with Crippen molar-refractivity contribution in [3.8, 4) is 0 Å². The first-order valence-corrected chi connectivity index (χ1v) is 15.8. The molecule has 0 heterocycles. The molecule has 3 rings (SSSR count). The fourth-order valence-electron chi connectivity index (χ4n) is 7.93. The maximum Gasteiger partial charge on any atom is 0.508 e. The number of carbonyl (C=O) groups is 1. The normalized spacial score (nSPS) is 33.9. The lowest BCUT2D eigenvalue weighted by Crippen LogP contribution is -2.41. The van der Waals surface area contributed by atoms with E-state index in [4.69, 9.17) is 9.47 Å². The Morgan fingerprint density at radius 3 is 1.80 bits per heavy atom. The SMILES string of the molecule is CCCCCCCC1CCC(C2CCC(CC[C@H]3CC[C@H](CCC)CC3)(OC(=O)OC)CC2)CC1. The standard InChI is InChI=1S/C32H58O3/c1-4-6-7-8-9-11-27-16-18-29(19-17-27)30-21-24-32(25-22-30,35-31(33)34-3)23-20-28-14-12-26(10-5-2)13-15-28/h26-30H,4-25H2,1-3H3/t26-,27?,28-,29?,30?,32?. The van der Waals surface area contributed by atoms with Crippen LogP contribution in [-0.2, 0) is 9.47 Å². The van der Waals surface area contributed by atoms with Crippen LogP contribution in [0.1, 0.15) is 155 Å². The molecule has 3 saturated carbocycles. The molecule has 3 fully saturated rings. The Hall–Kier alpha value is -0.730. The summed E-state index contributed by atoms with van der Waals surface area (Å²) in [6.07, 6.45) is 29.1. The summed E-state index contributed by atoms with van der Waals surface area (Å²) in [5.41, 5.74) is -0.264. The van der Waals surface area contributed by atoms with Gasteiger partial charge >= 0.3 is 6.16 Å². The van der Waals surface area contributed by atoms with Gasteiger partial charge in [-0.25, -0.2) is 4.79 Å². The average molecular weight is 491 g/mol. The summed E-state index contributed by atoms with van der Waals surface area (Å²) in [6.45, 7) is 4.62. The highest BCUT2D eigenvalue weighted by molar-refractivity contribution is 5.60. The molecule has 0 N–H and O–H groups in total. The van der Waals surface area contributed by atoms with Gasteiger partial charge in [0.2, 0.25) is 0 Å². The van der Waals surface area contributed by atoms with E-state index in [0.717, 1.165) is 48.9 Å². The molecule has 0 saturated heterocycles. The highest BCUT2D eigenvalue weighted by Crippen LogP contribution is 2.47. The minimum absolute atomic E-state index is 0.264. The molecule has 0 atom stereocenters. The summed E-state index contributed by atoms with van der Waals surface area (Å²) in [4.78, 5) is 12.2. The second kappa shape index (κ2) is 15.5. The lowest BCUT2D eigenvalue weighted by molar-refractivity contribution is -0.0701. The summed E-state index contributed by atoms with van der Waals surface area (Å²) in [5, 5.41) is 0. The molecule has 204 valence electrons. The van der Waals surface area contributed by atoms with E-state index < -0.39 is 6.16 Å². The van der Waals surface area contributed by atoms with Gasteiger partial charge in [0.1, 0.15) is 5.60 Å². The van der Waals surface area contributed by atoms with E-state index >= 15 is 0 Å². The summed E-state index contributed by atoms with van der Waals surface area (Å²) < 4.78 is 11.0. The topological polar surface area (TPSA) is 35.5 Å². The second-order valence-corrected chi connectivity index (χ2v) is 12.8. The maximum absolute atomic E-state index is 12.2. The summed E-state index contributed by atoms with van der Waals surface area (Å²) in [7, 11) is 1.46. The van der Waals surface area contributed by atoms with Crippen LogP contribution in [0.3, 0.4) is 0 Å². The van der Waals surface area contributed by atoms with Crippen LogP contribution in [0.2, 0.25) is 0 Å². The second-order valence-electron chi connectivity index (χ2n) is 12.8. The van der Waals surface area contributed by atoms with Crippen molar-refractivity contribution < 1.29 is 14.3 Å². The van der Waals surface area contributed by atoms with Crippen LogP contribution in [-0.4, -0.2) is 18.9 Å². The first-order chi connectivity index (χ1) is 17.1. The minimum Gasteiger partial charge on any atom is -0.438 e. The third kappa shape index (κ3) is 9.58. The van der Waals surface area contributed by atoms with Crippen molar-refractivity contribution in [1.82, 2.24) is 0 Å². The highest BCUT2D eigenvalue weighted by Gasteiger charge is 2.42. The number of unbranched alkanes of at least 4 members (excludes halogenated alkanes) is 4. The Morgan fingerprint density at radius 2 is 1.20 bits per heavy atom. The van der Waals surface area contributed by atoms with E-state index in [1.807, 2.05) is 0 Å². The Labute approximate surface area is 217 Å². The molecular formula is C32H58O3. The molecule has 0 spiro atoms. The van der Waals surface area contributed by atoms with Crippen molar-refractivity contribution in [3.63, 3.8) is 0 Å². The Kier molecular flexibility index (Phi) is 12.8. The van der Waals surface area contributed by atoms with Gasteiger partial charge in [0.15, 0.2) is 0 Å². The zero-order valence-electron chi connectivity index (χ0n) is 23.7. The number of ether oxygens (including phenoxy) is 2. The van der Waals surface area contributed by atoms with Gasteiger partial charge in [-0.15, -0.1) is 0 Å². The fourth-order valence-corrected chi connectivity index (χ4v) is 7.93. The molecule has 35 heavy (non-hydrogen) atoms. The van der Waals surface area contributed by atoms with Gasteiger partial charge in [-0.2, -0.15) is 0 Å². The predicted octanol–water partition coefficient (Wildman–Crippen LogP) is 10.3. The van der Waals surface area contributed by atoms with E-state index in [0.29, 0.717) is 0 Å². The van der Waals surface area contributed by atoms with E-state index in [1.165, 1.54) is 129 Å². The molecule has 0 aromatic rings. The van der Waals surface area contributed by atoms with Crippen LogP contribution < -0.4 is 0 Å². The monoisotopic (exact) mass is 490 g/mol. The third-order valence-corrected chi connectivity index (χ3v) is 10.4. The molecule has 0 aromatic heterocycles. The highest BCUT2D eigenvalue weighted by atomic mass is 16.7. The largest absolute Gasteiger partial charge is 0.508 e. The van der Waals surface area contributed by atoms with Gasteiger partial charge in [0.25, 0.3) is 0 Å². The van der Waals surface area contributed by atoms with Gasteiger partial charge in [0, 0.05) is 0 Å². The lowest BCUT2D eigenvalue weighted by atomic mass is 9.66. The molecule has 3 nitrogen and oxygen atoms in total. The molecule has 0 amide bonds. The first kappa shape index (κ1) is 28.8. The summed E-state index contributed by atoms with van der Waals surface area (Å²) >= 11 is 0. The predicted molar refractivity (Wildman–Crippen MR) is 147 cm³/mol. The zero-order valence-corrected chi connectivity index (χ0v) is 23.7. The van der Waals surface area contributed by atoms with Gasteiger partial charge in [0.05, 0.1) is 7.11 Å². The van der Waals surface area contributed by atoms with Crippen molar-refractivity contribution in [2.24, 2.45) is 29.6 Å². The van der Waals surface area contributed by atoms with Crippen LogP contribution in [0, 0.1) is 29.6 Å². The van der Waals surface area contributed by atoms with Crippen LogP contribution in [0.4, 0.5) is 4.79 Å². The Bertz CT molecular complexity index is 563. The molecule has 0 aromatic carbocycles. The quantitative estimate of drug-likeness (QED) is 0.190. The number of carbonyl (C=O) groups excluding carboxylic acids is 1. The fraction of sp³-hybridized carbons (Fsp3) is 0.969. The first-order valence-electron chi connectivity index (χ1n) is 15.8. The maximum atomic E-state index is 12.2. The lowest BCUT2D eigenvalue weighted by Gasteiger charge is -2.43. The van der Waals surface area contributed by atoms with Gasteiger partial charge in [-0.3, -0.25) is 0 Å². The molecule has 3 heteroatoms. The van der Waals surface area contributed by atoms with E-state index in [9.17, 15) is 4.79 Å². The Morgan fingerprint density at radius 1 is 0.657 bits per heavy atom. The number of rotatable bonds is 13. The number of hydrogen-bond donors (Lipinski definition) is 0. The van der Waals surface area contributed by atoms with Crippen molar-refractivity contribution in [3.05, 3.63) is 0 Å². The smallest absolute Gasteiger partial charge is 0.438 e. The molecule has 3 aliphatic rings. The van der Waals surface area contributed by atoms with Crippen molar-refractivity contribution in [1.29, 1.82) is 0 Å². The molecule has 0 unspecified atom stereocenters. The zero-order chi connectivity index (χ0) is 24.9. The average Bonchev–Trinajstić information content (AvgIpc) is 2.89. The van der Waals surface area contributed by atoms with E-state index in [2.05, 4.69) is 13.8 Å². The molecule has 0 bridgehead atoms. The van der Waals surface area contributed by atoms with Crippen molar-refractivity contribution >= 4 is 6.16 Å². The molecular weight excluding hydrogens is 432 g/mol. The van der Waals surface area contributed by atoms with E-state index in [1.54, 1.807) is 0 Å². The molecule has 3 aliphatic carbocycles. The number of methoxy groups -OCH3 is 1. The van der Waals surface area contributed by atoms with Crippen LogP contribution in [0.25, 0.3) is 0 Å². The van der Waals surface area contributed by atoms with Crippen LogP contribution in [0.15, 0.2) is 0 Å². The summed E-state index contributed by atoms with van der Waals surface area (Å²) in [6, 6.07) is 0. The van der Waals surface area contributed by atoms with E-state index in [-0.39, 0.29) is 5.60 Å². The minimum atomic E-state index is -0.463. The van der Waals surface area contributed by atoms with Gasteiger partial charge in [-0.1, -0.05) is 104 Å². The summed E-state index contributed by atoms with van der Waals surface area (Å²) in [5.74, 6) is 4.54. The molecule has 0 aliphatic heterocycles. The van der Waals surface area contributed by atoms with Gasteiger partial charge < -0.3 is 9.47 Å². The van der Waals surface area contributed by atoms with Crippen LogP contribution in [0.5, 0.6) is 0 Å². The van der Waals surface area contributed by atoms with Crippen molar-refractivity contribution in [2.45, 2.75) is 161 Å². The van der Waals surface area contributed by atoms with Crippen molar-refractivity contribution in [2.75, 3.05) is 7.11 Å². The Balaban J connectivity index is 1.41. The van der Waals surface area contributed by atoms with Gasteiger partial charge in [-0.05, 0) is 81.0 Å². The number of hydrogen-bond acceptors (Lipinski definition) is 3.